The number of pyridine rings is 1. The fourth-order valence-corrected chi connectivity index (χ4v) is 2.81. The van der Waals surface area contributed by atoms with Gasteiger partial charge in [0.25, 0.3) is 0 Å². The molecule has 0 saturated carbocycles. The summed E-state index contributed by atoms with van der Waals surface area (Å²) in [7, 11) is 0. The third-order valence-electron chi connectivity index (χ3n) is 3.23. The molecule has 1 aromatic carbocycles. The van der Waals surface area contributed by atoms with Crippen molar-refractivity contribution in [2.24, 2.45) is 0 Å². The molecule has 0 saturated heterocycles. The fourth-order valence-electron chi connectivity index (χ4n) is 1.97. The molecular formula is C15H11F3N4OS. The fraction of sp³-hybridized carbons (Fsp3) is 0.133. The predicted octanol–water partition coefficient (Wildman–Crippen LogP) is 3.27. The first kappa shape index (κ1) is 16.3. The highest BCUT2D eigenvalue weighted by atomic mass is 32.2. The highest BCUT2D eigenvalue weighted by molar-refractivity contribution is 8.00. The van der Waals surface area contributed by atoms with Gasteiger partial charge in [-0.15, -0.1) is 10.2 Å². The number of hydrogen-bond donors (Lipinski definition) is 1. The molecule has 2 heterocycles. The molecule has 0 radical (unpaired) electrons. The number of rotatable bonds is 4. The number of thioether (sulfide) groups is 1. The third kappa shape index (κ3) is 3.07. The van der Waals surface area contributed by atoms with Gasteiger partial charge in [0.1, 0.15) is 0 Å². The Labute approximate surface area is 138 Å². The molecule has 0 aliphatic heterocycles. The summed E-state index contributed by atoms with van der Waals surface area (Å²) in [5.74, 6) is -4.95. The monoisotopic (exact) mass is 352 g/mol. The first-order valence-electron chi connectivity index (χ1n) is 6.88. The normalized spacial score (nSPS) is 12.3. The average Bonchev–Trinajstić information content (AvgIpc) is 2.98. The average molecular weight is 352 g/mol. The summed E-state index contributed by atoms with van der Waals surface area (Å²) in [6.45, 7) is 1.59. The zero-order valence-electron chi connectivity index (χ0n) is 12.3. The Balaban J connectivity index is 1.75. The van der Waals surface area contributed by atoms with Crippen LogP contribution in [0.5, 0.6) is 0 Å². The molecule has 3 rings (SSSR count). The van der Waals surface area contributed by atoms with Gasteiger partial charge in [0.15, 0.2) is 28.3 Å². The minimum atomic E-state index is -1.63. The van der Waals surface area contributed by atoms with E-state index in [9.17, 15) is 18.0 Å². The summed E-state index contributed by atoms with van der Waals surface area (Å²) in [6, 6.07) is 7.08. The largest absolute Gasteiger partial charge is 0.323 e. The lowest BCUT2D eigenvalue weighted by Crippen LogP contribution is -2.23. The van der Waals surface area contributed by atoms with Crippen LogP contribution in [0.2, 0.25) is 0 Å². The van der Waals surface area contributed by atoms with Crippen LogP contribution in [0.25, 0.3) is 5.65 Å². The van der Waals surface area contributed by atoms with Gasteiger partial charge in [0.05, 0.1) is 10.9 Å². The first-order chi connectivity index (χ1) is 11.5. The number of aromatic nitrogens is 3. The minimum absolute atomic E-state index is 0.419. The second kappa shape index (κ2) is 6.52. The maximum Gasteiger partial charge on any atom is 0.237 e. The van der Waals surface area contributed by atoms with Gasteiger partial charge in [-0.25, -0.2) is 13.2 Å². The summed E-state index contributed by atoms with van der Waals surface area (Å²) < 4.78 is 41.4. The number of amides is 1. The Hall–Kier alpha value is -2.55. The summed E-state index contributed by atoms with van der Waals surface area (Å²) in [5, 5.41) is 10.0. The van der Waals surface area contributed by atoms with Gasteiger partial charge in [-0.3, -0.25) is 9.20 Å². The van der Waals surface area contributed by atoms with Crippen molar-refractivity contribution >= 4 is 29.0 Å². The number of hydrogen-bond acceptors (Lipinski definition) is 4. The molecule has 5 nitrogen and oxygen atoms in total. The van der Waals surface area contributed by atoms with Crippen molar-refractivity contribution in [3.63, 3.8) is 0 Å². The molecule has 0 fully saturated rings. The lowest BCUT2D eigenvalue weighted by Gasteiger charge is -2.12. The van der Waals surface area contributed by atoms with E-state index in [1.165, 1.54) is 0 Å². The van der Waals surface area contributed by atoms with Crippen molar-refractivity contribution in [1.82, 2.24) is 14.6 Å². The van der Waals surface area contributed by atoms with Crippen molar-refractivity contribution < 1.29 is 18.0 Å². The van der Waals surface area contributed by atoms with E-state index in [1.807, 2.05) is 0 Å². The zero-order chi connectivity index (χ0) is 17.3. The van der Waals surface area contributed by atoms with Gasteiger partial charge >= 0.3 is 0 Å². The molecule has 3 aromatic rings. The minimum Gasteiger partial charge on any atom is -0.323 e. The van der Waals surface area contributed by atoms with Crippen LogP contribution in [0.3, 0.4) is 0 Å². The zero-order valence-corrected chi connectivity index (χ0v) is 13.1. The molecule has 0 bridgehead atoms. The molecule has 0 aliphatic rings. The number of nitrogens with one attached hydrogen (secondary N) is 1. The van der Waals surface area contributed by atoms with Crippen LogP contribution in [-0.4, -0.2) is 25.8 Å². The highest BCUT2D eigenvalue weighted by Gasteiger charge is 2.21. The smallest absolute Gasteiger partial charge is 0.237 e. The number of benzene rings is 1. The Morgan fingerprint density at radius 1 is 1.17 bits per heavy atom. The second-order valence-electron chi connectivity index (χ2n) is 4.88. The molecule has 0 unspecified atom stereocenters. The Bertz CT molecular complexity index is 915. The number of fused-ring (bicyclic) bond motifs is 1. The Morgan fingerprint density at radius 2 is 1.96 bits per heavy atom. The van der Waals surface area contributed by atoms with Gasteiger partial charge < -0.3 is 5.32 Å². The van der Waals surface area contributed by atoms with E-state index in [0.717, 1.165) is 23.9 Å². The molecule has 0 aliphatic carbocycles. The van der Waals surface area contributed by atoms with Crippen LogP contribution < -0.4 is 5.32 Å². The maximum atomic E-state index is 13.6. The van der Waals surface area contributed by atoms with Crippen LogP contribution in [0.15, 0.2) is 41.7 Å². The summed E-state index contributed by atoms with van der Waals surface area (Å²) in [6.07, 6.45) is 1.75. The quantitative estimate of drug-likeness (QED) is 0.578. The van der Waals surface area contributed by atoms with E-state index in [-0.39, 0.29) is 0 Å². The van der Waals surface area contributed by atoms with E-state index in [1.54, 1.807) is 35.7 Å². The van der Waals surface area contributed by atoms with Crippen LogP contribution in [-0.2, 0) is 4.79 Å². The van der Waals surface area contributed by atoms with Crippen LogP contribution >= 0.6 is 11.8 Å². The van der Waals surface area contributed by atoms with Gasteiger partial charge in [0, 0.05) is 6.20 Å². The molecule has 1 amide bonds. The van der Waals surface area contributed by atoms with Crippen LogP contribution in [0.4, 0.5) is 18.9 Å². The number of halogens is 3. The van der Waals surface area contributed by atoms with E-state index in [0.29, 0.717) is 10.8 Å². The van der Waals surface area contributed by atoms with E-state index in [4.69, 9.17) is 0 Å². The molecule has 124 valence electrons. The topological polar surface area (TPSA) is 59.3 Å². The third-order valence-corrected chi connectivity index (χ3v) is 4.28. The van der Waals surface area contributed by atoms with Crippen molar-refractivity contribution in [2.45, 2.75) is 17.3 Å². The van der Waals surface area contributed by atoms with Crippen LogP contribution in [0.1, 0.15) is 6.92 Å². The SMILES string of the molecule is C[C@H](Sc1nnc2ccccn12)C(=O)Nc1ccc(F)c(F)c1F. The van der Waals surface area contributed by atoms with E-state index >= 15 is 0 Å². The first-order valence-corrected chi connectivity index (χ1v) is 7.76. The number of anilines is 1. The lowest BCUT2D eigenvalue weighted by atomic mass is 10.2. The standard InChI is InChI=1S/C15H11F3N4OS/c1-8(24-15-21-20-11-4-2-3-7-22(11)15)14(23)19-10-6-5-9(16)12(17)13(10)18/h2-8H,1H3,(H,19,23)/t8-/m0/s1. The molecule has 1 N–H and O–H groups in total. The van der Waals surface area contributed by atoms with Gasteiger partial charge in [-0.2, -0.15) is 0 Å². The Morgan fingerprint density at radius 3 is 2.75 bits per heavy atom. The predicted molar refractivity (Wildman–Crippen MR) is 83.3 cm³/mol. The number of carbonyl (C=O) groups is 1. The molecule has 2 aromatic heterocycles. The second-order valence-corrected chi connectivity index (χ2v) is 6.19. The van der Waals surface area contributed by atoms with Crippen molar-refractivity contribution in [1.29, 1.82) is 0 Å². The number of carbonyl (C=O) groups excluding carboxylic acids is 1. The molecule has 0 spiro atoms. The van der Waals surface area contributed by atoms with E-state index in [2.05, 4.69) is 15.5 Å². The maximum absolute atomic E-state index is 13.6. The summed E-state index contributed by atoms with van der Waals surface area (Å²) >= 11 is 1.11. The lowest BCUT2D eigenvalue weighted by molar-refractivity contribution is -0.115. The molecular weight excluding hydrogens is 341 g/mol. The van der Waals surface area contributed by atoms with Crippen molar-refractivity contribution in [2.75, 3.05) is 5.32 Å². The summed E-state index contributed by atoms with van der Waals surface area (Å²) in [4.78, 5) is 12.2. The van der Waals surface area contributed by atoms with Crippen molar-refractivity contribution in [3.8, 4) is 0 Å². The van der Waals surface area contributed by atoms with Gasteiger partial charge in [-0.05, 0) is 31.2 Å². The molecule has 1 atom stereocenters. The number of nitrogens with zero attached hydrogens (tertiary/aromatic N) is 3. The molecule has 9 heteroatoms. The van der Waals surface area contributed by atoms with E-state index < -0.39 is 34.3 Å². The van der Waals surface area contributed by atoms with Crippen LogP contribution in [0, 0.1) is 17.5 Å². The summed E-state index contributed by atoms with van der Waals surface area (Å²) in [5.41, 5.74) is 0.205. The highest BCUT2D eigenvalue weighted by Crippen LogP contribution is 2.24. The van der Waals surface area contributed by atoms with Crippen molar-refractivity contribution in [3.05, 3.63) is 54.0 Å². The van der Waals surface area contributed by atoms with Gasteiger partial charge in [0.2, 0.25) is 5.91 Å². The molecule has 24 heavy (non-hydrogen) atoms. The van der Waals surface area contributed by atoms with Gasteiger partial charge in [-0.1, -0.05) is 17.8 Å². The Kier molecular flexibility index (Phi) is 4.43.